The zero-order valence-electron chi connectivity index (χ0n) is 9.87. The van der Waals surface area contributed by atoms with Crippen LogP contribution in [-0.2, 0) is 9.47 Å². The van der Waals surface area contributed by atoms with E-state index < -0.39 is 0 Å². The van der Waals surface area contributed by atoms with Gasteiger partial charge in [0, 0.05) is 33.9 Å². The first kappa shape index (κ1) is 13.3. The molecule has 4 heteroatoms. The molecule has 1 aliphatic rings. The summed E-state index contributed by atoms with van der Waals surface area (Å²) in [4.78, 5) is 2.43. The molecule has 0 bridgehead atoms. The number of hydrogen-bond donors (Lipinski definition) is 1. The Morgan fingerprint density at radius 2 is 1.67 bits per heavy atom. The Kier molecular flexibility index (Phi) is 5.97. The zero-order valence-corrected chi connectivity index (χ0v) is 10.8. The van der Waals surface area contributed by atoms with E-state index in [0.29, 0.717) is 5.41 Å². The van der Waals surface area contributed by atoms with E-state index in [1.807, 2.05) is 0 Å². The summed E-state index contributed by atoms with van der Waals surface area (Å²) in [7, 11) is 3.50. The molecule has 0 amide bonds. The number of hydrogen-bond acceptors (Lipinski definition) is 4. The van der Waals surface area contributed by atoms with Crippen LogP contribution >= 0.6 is 12.6 Å². The zero-order chi connectivity index (χ0) is 11.1. The summed E-state index contributed by atoms with van der Waals surface area (Å²) < 4.78 is 10.2. The van der Waals surface area contributed by atoms with Crippen molar-refractivity contribution in [2.75, 3.05) is 52.8 Å². The molecule has 15 heavy (non-hydrogen) atoms. The summed E-state index contributed by atoms with van der Waals surface area (Å²) in [6, 6.07) is 0. The molecule has 90 valence electrons. The Morgan fingerprint density at radius 3 is 2.00 bits per heavy atom. The minimum Gasteiger partial charge on any atom is -0.383 e. The average molecular weight is 233 g/mol. The predicted octanol–water partition coefficient (Wildman–Crippen LogP) is 1.29. The molecule has 0 N–H and O–H groups in total. The van der Waals surface area contributed by atoms with Gasteiger partial charge in [-0.25, -0.2) is 0 Å². The average Bonchev–Trinajstić information content (AvgIpc) is 3.03. The molecule has 0 aromatic heterocycles. The van der Waals surface area contributed by atoms with Gasteiger partial charge in [0.05, 0.1) is 13.2 Å². The van der Waals surface area contributed by atoms with Gasteiger partial charge >= 0.3 is 0 Å². The van der Waals surface area contributed by atoms with Crippen molar-refractivity contribution in [3.8, 4) is 0 Å². The fourth-order valence-electron chi connectivity index (χ4n) is 1.73. The van der Waals surface area contributed by atoms with Gasteiger partial charge in [0.25, 0.3) is 0 Å². The van der Waals surface area contributed by atoms with Gasteiger partial charge in [0.1, 0.15) is 0 Å². The van der Waals surface area contributed by atoms with Crippen LogP contribution in [0.25, 0.3) is 0 Å². The van der Waals surface area contributed by atoms with E-state index in [9.17, 15) is 0 Å². The van der Waals surface area contributed by atoms with Crippen LogP contribution in [0.2, 0.25) is 0 Å². The van der Waals surface area contributed by atoms with Crippen molar-refractivity contribution in [2.45, 2.75) is 12.8 Å². The van der Waals surface area contributed by atoms with E-state index in [2.05, 4.69) is 17.5 Å². The number of ether oxygens (including phenoxy) is 2. The second-order valence-electron chi connectivity index (χ2n) is 4.42. The van der Waals surface area contributed by atoms with Crippen LogP contribution in [-0.4, -0.2) is 57.7 Å². The summed E-state index contributed by atoms with van der Waals surface area (Å²) in [5.74, 6) is 1.00. The molecule has 0 saturated heterocycles. The summed E-state index contributed by atoms with van der Waals surface area (Å²) in [6.07, 6.45) is 2.65. The van der Waals surface area contributed by atoms with Crippen LogP contribution in [0.15, 0.2) is 0 Å². The second kappa shape index (κ2) is 6.74. The van der Waals surface area contributed by atoms with Crippen molar-refractivity contribution in [1.29, 1.82) is 0 Å². The molecule has 0 unspecified atom stereocenters. The third kappa shape index (κ3) is 4.72. The number of rotatable bonds is 9. The highest BCUT2D eigenvalue weighted by atomic mass is 32.1. The van der Waals surface area contributed by atoms with Crippen LogP contribution in [0.5, 0.6) is 0 Å². The fourth-order valence-corrected chi connectivity index (χ4v) is 2.14. The van der Waals surface area contributed by atoms with E-state index in [0.717, 1.165) is 38.6 Å². The lowest BCUT2D eigenvalue weighted by atomic mass is 10.1. The van der Waals surface area contributed by atoms with Crippen molar-refractivity contribution in [1.82, 2.24) is 4.90 Å². The molecule has 0 spiro atoms. The maximum absolute atomic E-state index is 5.12. The first-order valence-electron chi connectivity index (χ1n) is 5.57. The van der Waals surface area contributed by atoms with E-state index >= 15 is 0 Å². The van der Waals surface area contributed by atoms with Crippen LogP contribution in [0.1, 0.15) is 12.8 Å². The highest BCUT2D eigenvalue weighted by molar-refractivity contribution is 7.80. The van der Waals surface area contributed by atoms with E-state index in [1.54, 1.807) is 14.2 Å². The van der Waals surface area contributed by atoms with Gasteiger partial charge in [-0.05, 0) is 24.0 Å². The van der Waals surface area contributed by atoms with Crippen molar-refractivity contribution < 1.29 is 9.47 Å². The van der Waals surface area contributed by atoms with E-state index in [1.165, 1.54) is 12.8 Å². The molecule has 0 aliphatic heterocycles. The Bertz CT molecular complexity index is 166. The van der Waals surface area contributed by atoms with Gasteiger partial charge in [-0.3, -0.25) is 4.90 Å². The Balaban J connectivity index is 2.27. The summed E-state index contributed by atoms with van der Waals surface area (Å²) in [5.41, 5.74) is 0.491. The monoisotopic (exact) mass is 233 g/mol. The topological polar surface area (TPSA) is 21.7 Å². The van der Waals surface area contributed by atoms with Crippen LogP contribution in [0.3, 0.4) is 0 Å². The smallest absolute Gasteiger partial charge is 0.0589 e. The lowest BCUT2D eigenvalue weighted by Gasteiger charge is -2.26. The third-order valence-corrected chi connectivity index (χ3v) is 3.75. The fraction of sp³-hybridized carbons (Fsp3) is 1.00. The molecule has 1 rings (SSSR count). The van der Waals surface area contributed by atoms with E-state index in [-0.39, 0.29) is 0 Å². The maximum Gasteiger partial charge on any atom is 0.0589 e. The van der Waals surface area contributed by atoms with E-state index in [4.69, 9.17) is 9.47 Å². The molecule has 0 radical (unpaired) electrons. The molecule has 1 fully saturated rings. The standard InChI is InChI=1S/C11H23NO2S/c1-13-7-5-12(6-8-14-2)9-11(10-15)3-4-11/h15H,3-10H2,1-2H3. The molecule has 0 atom stereocenters. The molecule has 0 aromatic carbocycles. The number of methoxy groups -OCH3 is 2. The Morgan fingerprint density at radius 1 is 1.13 bits per heavy atom. The van der Waals surface area contributed by atoms with Gasteiger partial charge in [0.15, 0.2) is 0 Å². The molecular formula is C11H23NO2S. The highest BCUT2D eigenvalue weighted by Crippen LogP contribution is 2.46. The van der Waals surface area contributed by atoms with Crippen LogP contribution in [0.4, 0.5) is 0 Å². The van der Waals surface area contributed by atoms with Crippen molar-refractivity contribution >= 4 is 12.6 Å². The Hall–Kier alpha value is 0.230. The summed E-state index contributed by atoms with van der Waals surface area (Å²) in [5, 5.41) is 0. The molecule has 1 saturated carbocycles. The van der Waals surface area contributed by atoms with Gasteiger partial charge in [-0.1, -0.05) is 0 Å². The van der Waals surface area contributed by atoms with Crippen molar-refractivity contribution in [3.05, 3.63) is 0 Å². The molecule has 1 aliphatic carbocycles. The lowest BCUT2D eigenvalue weighted by Crippen LogP contribution is -2.36. The molecule has 0 aromatic rings. The van der Waals surface area contributed by atoms with Crippen LogP contribution in [0, 0.1) is 5.41 Å². The maximum atomic E-state index is 5.12. The first-order chi connectivity index (χ1) is 7.26. The number of thiol groups is 1. The Labute approximate surface area is 98.5 Å². The summed E-state index contributed by atoms with van der Waals surface area (Å²) >= 11 is 4.43. The van der Waals surface area contributed by atoms with Gasteiger partial charge in [-0.2, -0.15) is 12.6 Å². The molecular weight excluding hydrogens is 210 g/mol. The van der Waals surface area contributed by atoms with Crippen LogP contribution < -0.4 is 0 Å². The first-order valence-corrected chi connectivity index (χ1v) is 6.21. The third-order valence-electron chi connectivity index (χ3n) is 3.07. The highest BCUT2D eigenvalue weighted by Gasteiger charge is 2.42. The van der Waals surface area contributed by atoms with Gasteiger partial charge in [-0.15, -0.1) is 0 Å². The van der Waals surface area contributed by atoms with Gasteiger partial charge in [0.2, 0.25) is 0 Å². The SMILES string of the molecule is COCCN(CCOC)CC1(CS)CC1. The molecule has 0 heterocycles. The number of nitrogens with zero attached hydrogens (tertiary/aromatic N) is 1. The largest absolute Gasteiger partial charge is 0.383 e. The van der Waals surface area contributed by atoms with Gasteiger partial charge < -0.3 is 9.47 Å². The second-order valence-corrected chi connectivity index (χ2v) is 4.74. The predicted molar refractivity (Wildman–Crippen MR) is 65.7 cm³/mol. The summed E-state index contributed by atoms with van der Waals surface area (Å²) in [6.45, 7) is 4.73. The lowest BCUT2D eigenvalue weighted by molar-refractivity contribution is 0.103. The minimum atomic E-state index is 0.491. The van der Waals surface area contributed by atoms with Crippen molar-refractivity contribution in [2.24, 2.45) is 5.41 Å². The normalized spacial score (nSPS) is 18.4. The molecule has 3 nitrogen and oxygen atoms in total. The quantitative estimate of drug-likeness (QED) is 0.607. The minimum absolute atomic E-state index is 0.491. The van der Waals surface area contributed by atoms with Crippen molar-refractivity contribution in [3.63, 3.8) is 0 Å².